The lowest BCUT2D eigenvalue weighted by atomic mass is 10.2. The maximum atomic E-state index is 12.7. The first-order chi connectivity index (χ1) is 8.15. The molecule has 0 saturated carbocycles. The Bertz CT molecular complexity index is 522. The average molecular weight is 341 g/mol. The first-order valence-corrected chi connectivity index (χ1v) is 6.05. The number of rotatable bonds is 2. The zero-order valence-corrected chi connectivity index (χ0v) is 10.9. The van der Waals surface area contributed by atoms with Crippen molar-refractivity contribution in [2.75, 3.05) is 5.32 Å². The smallest absolute Gasteiger partial charge is 0.255 e. The highest BCUT2D eigenvalue weighted by atomic mass is 127. The Balaban J connectivity index is 2.11. The van der Waals surface area contributed by atoms with Crippen molar-refractivity contribution in [1.82, 2.24) is 0 Å². The van der Waals surface area contributed by atoms with Gasteiger partial charge in [-0.3, -0.25) is 4.79 Å². The maximum Gasteiger partial charge on any atom is 0.255 e. The molecule has 0 atom stereocenters. The van der Waals surface area contributed by atoms with E-state index in [-0.39, 0.29) is 11.7 Å². The number of halogens is 2. The van der Waals surface area contributed by atoms with Crippen molar-refractivity contribution in [3.05, 3.63) is 63.5 Å². The summed E-state index contributed by atoms with van der Waals surface area (Å²) in [6.07, 6.45) is 0. The number of amides is 1. The summed E-state index contributed by atoms with van der Waals surface area (Å²) in [4.78, 5) is 11.8. The Morgan fingerprint density at radius 1 is 1.00 bits per heavy atom. The molecule has 0 aliphatic heterocycles. The molecule has 0 heterocycles. The summed E-state index contributed by atoms with van der Waals surface area (Å²) >= 11 is 2.19. The van der Waals surface area contributed by atoms with Gasteiger partial charge in [0, 0.05) is 14.8 Å². The molecule has 1 amide bonds. The van der Waals surface area contributed by atoms with Crippen molar-refractivity contribution < 1.29 is 9.18 Å². The second-order valence-corrected chi connectivity index (χ2v) is 4.71. The third-order valence-corrected chi connectivity index (χ3v) is 2.93. The molecule has 0 spiro atoms. The Hall–Kier alpha value is -1.43. The van der Waals surface area contributed by atoms with Gasteiger partial charge in [-0.15, -0.1) is 0 Å². The SMILES string of the molecule is O=C(Nc1ccc(I)cc1)c1ccc(F)cc1. The predicted molar refractivity (Wildman–Crippen MR) is 73.5 cm³/mol. The quantitative estimate of drug-likeness (QED) is 0.830. The van der Waals surface area contributed by atoms with Gasteiger partial charge in [0.1, 0.15) is 5.82 Å². The minimum atomic E-state index is -0.351. The topological polar surface area (TPSA) is 29.1 Å². The molecule has 2 rings (SSSR count). The molecule has 2 aromatic rings. The Morgan fingerprint density at radius 2 is 1.59 bits per heavy atom. The van der Waals surface area contributed by atoms with Gasteiger partial charge in [-0.2, -0.15) is 0 Å². The van der Waals surface area contributed by atoms with Crippen LogP contribution in [0.25, 0.3) is 0 Å². The van der Waals surface area contributed by atoms with Crippen LogP contribution in [-0.2, 0) is 0 Å². The third kappa shape index (κ3) is 3.26. The second-order valence-electron chi connectivity index (χ2n) is 3.47. The van der Waals surface area contributed by atoms with Gasteiger partial charge >= 0.3 is 0 Å². The molecule has 2 nitrogen and oxygen atoms in total. The molecule has 0 unspecified atom stereocenters. The van der Waals surface area contributed by atoms with Crippen molar-refractivity contribution in [2.45, 2.75) is 0 Å². The van der Waals surface area contributed by atoms with E-state index >= 15 is 0 Å². The zero-order chi connectivity index (χ0) is 12.3. The van der Waals surface area contributed by atoms with Crippen molar-refractivity contribution in [1.29, 1.82) is 0 Å². The standard InChI is InChI=1S/C13H9FINO/c14-10-3-1-9(2-4-10)13(17)16-12-7-5-11(15)6-8-12/h1-8H,(H,16,17). The fourth-order valence-corrected chi connectivity index (χ4v) is 1.70. The van der Waals surface area contributed by atoms with E-state index in [1.165, 1.54) is 24.3 Å². The van der Waals surface area contributed by atoms with Gasteiger partial charge < -0.3 is 5.32 Å². The minimum Gasteiger partial charge on any atom is -0.322 e. The molecule has 0 radical (unpaired) electrons. The minimum absolute atomic E-state index is 0.244. The van der Waals surface area contributed by atoms with Crippen LogP contribution in [-0.4, -0.2) is 5.91 Å². The third-order valence-electron chi connectivity index (χ3n) is 2.21. The van der Waals surface area contributed by atoms with Gasteiger partial charge in [0.15, 0.2) is 0 Å². The van der Waals surface area contributed by atoms with Crippen LogP contribution in [0.5, 0.6) is 0 Å². The van der Waals surface area contributed by atoms with E-state index in [0.717, 1.165) is 9.26 Å². The lowest BCUT2D eigenvalue weighted by molar-refractivity contribution is 0.102. The van der Waals surface area contributed by atoms with Gasteiger partial charge in [-0.25, -0.2) is 4.39 Å². The van der Waals surface area contributed by atoms with Gasteiger partial charge in [-0.1, -0.05) is 0 Å². The van der Waals surface area contributed by atoms with E-state index in [9.17, 15) is 9.18 Å². The van der Waals surface area contributed by atoms with E-state index in [1.54, 1.807) is 0 Å². The highest BCUT2D eigenvalue weighted by Gasteiger charge is 2.05. The predicted octanol–water partition coefficient (Wildman–Crippen LogP) is 3.68. The lowest BCUT2D eigenvalue weighted by Crippen LogP contribution is -2.11. The number of anilines is 1. The van der Waals surface area contributed by atoms with Crippen LogP contribution >= 0.6 is 22.6 Å². The van der Waals surface area contributed by atoms with Crippen molar-refractivity contribution >= 4 is 34.2 Å². The summed E-state index contributed by atoms with van der Waals surface area (Å²) in [5, 5.41) is 2.74. The Kier molecular flexibility index (Phi) is 3.73. The maximum absolute atomic E-state index is 12.7. The van der Waals surface area contributed by atoms with Gasteiger partial charge in [0.05, 0.1) is 0 Å². The Labute approximate surface area is 112 Å². The number of carbonyl (C=O) groups is 1. The van der Waals surface area contributed by atoms with E-state index < -0.39 is 0 Å². The summed E-state index contributed by atoms with van der Waals surface area (Å²) in [7, 11) is 0. The molecule has 0 aromatic heterocycles. The van der Waals surface area contributed by atoms with E-state index in [2.05, 4.69) is 27.9 Å². The molecule has 0 bridgehead atoms. The van der Waals surface area contributed by atoms with E-state index in [1.807, 2.05) is 24.3 Å². The van der Waals surface area contributed by atoms with Gasteiger partial charge in [0.2, 0.25) is 0 Å². The van der Waals surface area contributed by atoms with Gasteiger partial charge in [-0.05, 0) is 71.1 Å². The highest BCUT2D eigenvalue weighted by Crippen LogP contribution is 2.12. The molecule has 0 aliphatic rings. The van der Waals surface area contributed by atoms with Crippen LogP contribution < -0.4 is 5.32 Å². The molecule has 0 fully saturated rings. The number of carbonyl (C=O) groups excluding carboxylic acids is 1. The highest BCUT2D eigenvalue weighted by molar-refractivity contribution is 14.1. The molecule has 86 valence electrons. The van der Waals surface area contributed by atoms with E-state index in [4.69, 9.17) is 0 Å². The summed E-state index contributed by atoms with van der Waals surface area (Å²) < 4.78 is 13.8. The van der Waals surface area contributed by atoms with E-state index in [0.29, 0.717) is 5.56 Å². The zero-order valence-electron chi connectivity index (χ0n) is 8.78. The molecule has 4 heteroatoms. The second kappa shape index (κ2) is 5.27. The van der Waals surface area contributed by atoms with Crippen LogP contribution in [0, 0.1) is 9.39 Å². The monoisotopic (exact) mass is 341 g/mol. The number of hydrogen-bond acceptors (Lipinski definition) is 1. The molecular weight excluding hydrogens is 332 g/mol. The van der Waals surface area contributed by atoms with Crippen molar-refractivity contribution in [3.63, 3.8) is 0 Å². The first-order valence-electron chi connectivity index (χ1n) is 4.97. The fourth-order valence-electron chi connectivity index (χ4n) is 1.34. The summed E-state index contributed by atoms with van der Waals surface area (Å²) in [6, 6.07) is 12.9. The van der Waals surface area contributed by atoms with Crippen molar-refractivity contribution in [2.24, 2.45) is 0 Å². The fraction of sp³-hybridized carbons (Fsp3) is 0. The molecule has 17 heavy (non-hydrogen) atoms. The summed E-state index contributed by atoms with van der Waals surface area (Å²) in [5.74, 6) is -0.595. The van der Waals surface area contributed by atoms with Crippen LogP contribution in [0.2, 0.25) is 0 Å². The lowest BCUT2D eigenvalue weighted by Gasteiger charge is -2.05. The normalized spacial score (nSPS) is 10.0. The molecule has 0 saturated heterocycles. The Morgan fingerprint density at radius 3 is 2.18 bits per heavy atom. The summed E-state index contributed by atoms with van der Waals surface area (Å²) in [5.41, 5.74) is 1.16. The molecule has 1 N–H and O–H groups in total. The number of hydrogen-bond donors (Lipinski definition) is 1. The van der Waals surface area contributed by atoms with Crippen LogP contribution in [0.15, 0.2) is 48.5 Å². The molecule has 0 aliphatic carbocycles. The number of nitrogens with one attached hydrogen (secondary N) is 1. The first kappa shape index (κ1) is 12.0. The van der Waals surface area contributed by atoms with Gasteiger partial charge in [0.25, 0.3) is 5.91 Å². The van der Waals surface area contributed by atoms with Crippen LogP contribution in [0.1, 0.15) is 10.4 Å². The van der Waals surface area contributed by atoms with Crippen LogP contribution in [0.4, 0.5) is 10.1 Å². The van der Waals surface area contributed by atoms with Crippen LogP contribution in [0.3, 0.4) is 0 Å². The average Bonchev–Trinajstić information content (AvgIpc) is 2.33. The summed E-state index contributed by atoms with van der Waals surface area (Å²) in [6.45, 7) is 0. The largest absolute Gasteiger partial charge is 0.322 e. The number of benzene rings is 2. The molecular formula is C13H9FINO. The van der Waals surface area contributed by atoms with Crippen molar-refractivity contribution in [3.8, 4) is 0 Å². The molecule has 2 aromatic carbocycles.